The highest BCUT2D eigenvalue weighted by atomic mass is 16.3. The molecule has 1 unspecified atom stereocenters. The molecule has 1 fully saturated rings. The Kier molecular flexibility index (Phi) is 4.37. The number of rotatable bonds is 4. The third kappa shape index (κ3) is 3.44. The smallest absolute Gasteiger partial charge is 0.254 e. The number of carbonyl (C=O) groups is 1. The van der Waals surface area contributed by atoms with E-state index in [1.807, 2.05) is 6.92 Å². The molecule has 0 aliphatic carbocycles. The molecule has 0 aromatic carbocycles. The molecule has 1 aliphatic rings. The summed E-state index contributed by atoms with van der Waals surface area (Å²) >= 11 is 0. The number of nitrogens with zero attached hydrogens (tertiary/aromatic N) is 2. The average Bonchev–Trinajstić information content (AvgIpc) is 2.81. The maximum absolute atomic E-state index is 12.3. The zero-order valence-corrected chi connectivity index (χ0v) is 11.5. The average molecular weight is 263 g/mol. The zero-order chi connectivity index (χ0) is 13.8. The monoisotopic (exact) mass is 263 g/mol. The Morgan fingerprint density at radius 3 is 3.00 bits per heavy atom. The largest absolute Gasteiger partial charge is 0.391 e. The topological polar surface area (TPSA) is 65.5 Å². The number of carbonyl (C=O) groups excluding carboxylic acids is 1. The van der Waals surface area contributed by atoms with Crippen molar-refractivity contribution < 1.29 is 9.90 Å². The van der Waals surface area contributed by atoms with Crippen LogP contribution in [0.15, 0.2) is 12.1 Å². The van der Waals surface area contributed by atoms with Crippen LogP contribution in [-0.4, -0.2) is 46.6 Å². The van der Waals surface area contributed by atoms with Gasteiger partial charge in [-0.3, -0.25) is 4.79 Å². The number of hydrogen-bond acceptors (Lipinski definition) is 4. The highest BCUT2D eigenvalue weighted by molar-refractivity contribution is 5.95. The minimum atomic E-state index is -0.385. The van der Waals surface area contributed by atoms with Crippen molar-refractivity contribution >= 4 is 11.7 Å². The van der Waals surface area contributed by atoms with E-state index in [9.17, 15) is 9.90 Å². The number of nitrogens with one attached hydrogen (secondary N) is 1. The number of hydrogen-bond donors (Lipinski definition) is 2. The summed E-state index contributed by atoms with van der Waals surface area (Å²) in [4.78, 5) is 18.4. The summed E-state index contributed by atoms with van der Waals surface area (Å²) in [6.07, 6.45) is 1.29. The Morgan fingerprint density at radius 2 is 2.37 bits per heavy atom. The SMILES string of the molecule is CCCNc1cc(C(=O)N2CCC(O)C2)cc(C)n1. The first-order valence-corrected chi connectivity index (χ1v) is 6.80. The van der Waals surface area contributed by atoms with Crippen molar-refractivity contribution in [1.82, 2.24) is 9.88 Å². The lowest BCUT2D eigenvalue weighted by atomic mass is 10.2. The molecule has 1 aliphatic heterocycles. The molecule has 104 valence electrons. The first-order valence-electron chi connectivity index (χ1n) is 6.80. The Morgan fingerprint density at radius 1 is 1.58 bits per heavy atom. The van der Waals surface area contributed by atoms with Gasteiger partial charge in [0.05, 0.1) is 6.10 Å². The van der Waals surface area contributed by atoms with Crippen molar-refractivity contribution in [1.29, 1.82) is 0 Å². The molecular formula is C14H21N3O2. The van der Waals surface area contributed by atoms with Crippen LogP contribution in [0.4, 0.5) is 5.82 Å². The summed E-state index contributed by atoms with van der Waals surface area (Å²) in [5, 5.41) is 12.7. The van der Waals surface area contributed by atoms with Gasteiger partial charge in [0.2, 0.25) is 0 Å². The molecule has 5 nitrogen and oxygen atoms in total. The molecule has 5 heteroatoms. The number of amides is 1. The first-order chi connectivity index (χ1) is 9.10. The van der Waals surface area contributed by atoms with Gasteiger partial charge in [-0.05, 0) is 31.9 Å². The number of β-amino-alcohol motifs (C(OH)–C–C–N with tert-alkyl or cyclic N) is 1. The molecule has 2 heterocycles. The van der Waals surface area contributed by atoms with Gasteiger partial charge >= 0.3 is 0 Å². The van der Waals surface area contributed by atoms with E-state index >= 15 is 0 Å². The van der Waals surface area contributed by atoms with Gasteiger partial charge in [-0.2, -0.15) is 0 Å². The van der Waals surface area contributed by atoms with Gasteiger partial charge < -0.3 is 15.3 Å². The fraction of sp³-hybridized carbons (Fsp3) is 0.571. The van der Waals surface area contributed by atoms with Crippen molar-refractivity contribution in [3.63, 3.8) is 0 Å². The van der Waals surface area contributed by atoms with Crippen molar-refractivity contribution in [2.75, 3.05) is 25.0 Å². The fourth-order valence-corrected chi connectivity index (χ4v) is 2.24. The van der Waals surface area contributed by atoms with E-state index in [4.69, 9.17) is 0 Å². The van der Waals surface area contributed by atoms with E-state index in [0.29, 0.717) is 25.1 Å². The van der Waals surface area contributed by atoms with Crippen molar-refractivity contribution in [2.45, 2.75) is 32.8 Å². The predicted octanol–water partition coefficient (Wildman–Crippen LogP) is 1.42. The van der Waals surface area contributed by atoms with E-state index in [-0.39, 0.29) is 12.0 Å². The second-order valence-corrected chi connectivity index (χ2v) is 5.00. The lowest BCUT2D eigenvalue weighted by Gasteiger charge is -2.16. The van der Waals surface area contributed by atoms with Crippen molar-refractivity contribution in [2.24, 2.45) is 0 Å². The van der Waals surface area contributed by atoms with Crippen LogP contribution < -0.4 is 5.32 Å². The highest BCUT2D eigenvalue weighted by Crippen LogP contribution is 2.16. The molecule has 1 amide bonds. The van der Waals surface area contributed by atoms with Crippen LogP contribution >= 0.6 is 0 Å². The number of likely N-dealkylation sites (tertiary alicyclic amines) is 1. The van der Waals surface area contributed by atoms with E-state index in [2.05, 4.69) is 17.2 Å². The second-order valence-electron chi connectivity index (χ2n) is 5.00. The summed E-state index contributed by atoms with van der Waals surface area (Å²) in [7, 11) is 0. The molecular weight excluding hydrogens is 242 g/mol. The Balaban J connectivity index is 2.14. The van der Waals surface area contributed by atoms with Crippen LogP contribution in [-0.2, 0) is 0 Å². The summed E-state index contributed by atoms with van der Waals surface area (Å²) in [5.74, 6) is 0.714. The number of aliphatic hydroxyl groups excluding tert-OH is 1. The fourth-order valence-electron chi connectivity index (χ4n) is 2.24. The van der Waals surface area contributed by atoms with Gasteiger partial charge in [0.25, 0.3) is 5.91 Å². The van der Waals surface area contributed by atoms with Crippen molar-refractivity contribution in [3.05, 3.63) is 23.4 Å². The number of aliphatic hydroxyl groups is 1. The minimum Gasteiger partial charge on any atom is -0.391 e. The maximum Gasteiger partial charge on any atom is 0.254 e. The van der Waals surface area contributed by atoms with Gasteiger partial charge in [0, 0.05) is 30.9 Å². The molecule has 0 spiro atoms. The standard InChI is InChI=1S/C14H21N3O2/c1-3-5-15-13-8-11(7-10(2)16-13)14(19)17-6-4-12(18)9-17/h7-8,12,18H,3-6,9H2,1-2H3,(H,15,16). The van der Waals surface area contributed by atoms with E-state index in [1.165, 1.54) is 0 Å². The molecule has 2 N–H and O–H groups in total. The number of aromatic nitrogens is 1. The zero-order valence-electron chi connectivity index (χ0n) is 11.5. The summed E-state index contributed by atoms with van der Waals surface area (Å²) in [6.45, 7) is 5.86. The van der Waals surface area contributed by atoms with Crippen LogP contribution in [0.2, 0.25) is 0 Å². The molecule has 1 aromatic heterocycles. The highest BCUT2D eigenvalue weighted by Gasteiger charge is 2.25. The van der Waals surface area contributed by atoms with Crippen LogP contribution in [0.5, 0.6) is 0 Å². The van der Waals surface area contributed by atoms with Crippen LogP contribution in [0.3, 0.4) is 0 Å². The Bertz CT molecular complexity index is 462. The lowest BCUT2D eigenvalue weighted by molar-refractivity contribution is 0.0765. The molecule has 1 saturated heterocycles. The van der Waals surface area contributed by atoms with Crippen LogP contribution in [0.1, 0.15) is 35.8 Å². The van der Waals surface area contributed by atoms with Gasteiger partial charge in [0.1, 0.15) is 5.82 Å². The molecule has 1 aromatic rings. The number of aryl methyl sites for hydroxylation is 1. The Hall–Kier alpha value is -1.62. The summed E-state index contributed by atoms with van der Waals surface area (Å²) < 4.78 is 0. The molecule has 0 radical (unpaired) electrons. The molecule has 2 rings (SSSR count). The third-order valence-electron chi connectivity index (χ3n) is 3.21. The van der Waals surface area contributed by atoms with E-state index in [1.54, 1.807) is 17.0 Å². The maximum atomic E-state index is 12.3. The van der Waals surface area contributed by atoms with Gasteiger partial charge in [-0.15, -0.1) is 0 Å². The van der Waals surface area contributed by atoms with Gasteiger partial charge in [-0.1, -0.05) is 6.92 Å². The number of pyridine rings is 1. The summed E-state index contributed by atoms with van der Waals surface area (Å²) in [5.41, 5.74) is 1.46. The third-order valence-corrected chi connectivity index (χ3v) is 3.21. The van der Waals surface area contributed by atoms with Gasteiger partial charge in [0.15, 0.2) is 0 Å². The van der Waals surface area contributed by atoms with Crippen LogP contribution in [0, 0.1) is 6.92 Å². The lowest BCUT2D eigenvalue weighted by Crippen LogP contribution is -2.29. The minimum absolute atomic E-state index is 0.0263. The van der Waals surface area contributed by atoms with Gasteiger partial charge in [-0.25, -0.2) is 4.98 Å². The van der Waals surface area contributed by atoms with E-state index in [0.717, 1.165) is 24.5 Å². The summed E-state index contributed by atoms with van der Waals surface area (Å²) in [6, 6.07) is 3.58. The molecule has 0 saturated carbocycles. The quantitative estimate of drug-likeness (QED) is 0.862. The van der Waals surface area contributed by atoms with Crippen molar-refractivity contribution in [3.8, 4) is 0 Å². The molecule has 19 heavy (non-hydrogen) atoms. The first kappa shape index (κ1) is 13.8. The number of anilines is 1. The van der Waals surface area contributed by atoms with Crippen LogP contribution in [0.25, 0.3) is 0 Å². The Labute approximate surface area is 113 Å². The molecule has 1 atom stereocenters. The van der Waals surface area contributed by atoms with E-state index < -0.39 is 0 Å². The molecule has 0 bridgehead atoms. The normalized spacial score (nSPS) is 18.7. The predicted molar refractivity (Wildman–Crippen MR) is 74.3 cm³/mol. The second kappa shape index (κ2) is 6.02.